The van der Waals surface area contributed by atoms with Crippen molar-refractivity contribution in [2.45, 2.75) is 76.7 Å². The van der Waals surface area contributed by atoms with Gasteiger partial charge in [0, 0.05) is 12.8 Å². The lowest BCUT2D eigenvalue weighted by Crippen LogP contribution is -2.27. The molecule has 0 aromatic heterocycles. The zero-order valence-electron chi connectivity index (χ0n) is 15.8. The van der Waals surface area contributed by atoms with Crippen molar-refractivity contribution >= 4 is 23.8 Å². The van der Waals surface area contributed by atoms with Crippen molar-refractivity contribution < 1.29 is 33.8 Å². The first-order valence-corrected chi connectivity index (χ1v) is 9.40. The van der Waals surface area contributed by atoms with Crippen molar-refractivity contribution in [1.29, 1.82) is 0 Å². The molecule has 0 radical (unpaired) electrons. The third kappa shape index (κ3) is 17.0. The Balaban J connectivity index is 3.60. The van der Waals surface area contributed by atoms with Crippen LogP contribution in [0.15, 0.2) is 0 Å². The van der Waals surface area contributed by atoms with E-state index in [4.69, 9.17) is 20.9 Å². The van der Waals surface area contributed by atoms with Crippen LogP contribution in [-0.2, 0) is 28.7 Å². The Kier molecular flexibility index (Phi) is 14.8. The Labute approximate surface area is 159 Å². The number of aliphatic hydroxyl groups excluding tert-OH is 1. The number of rotatable bonds is 17. The monoisotopic (exact) mass is 388 g/mol. The zero-order chi connectivity index (χ0) is 20.5. The molecule has 1 atom stereocenters. The van der Waals surface area contributed by atoms with Gasteiger partial charge in [0.1, 0.15) is 0 Å². The molecule has 0 fully saturated rings. The average molecular weight is 388 g/mol. The molecule has 0 bridgehead atoms. The molecule has 156 valence electrons. The van der Waals surface area contributed by atoms with Gasteiger partial charge < -0.3 is 26.0 Å². The molecular weight excluding hydrogens is 356 g/mol. The van der Waals surface area contributed by atoms with E-state index in [1.807, 2.05) is 0 Å². The number of unbranched alkanes of at least 4 members (excludes halogenated alkanes) is 6. The van der Waals surface area contributed by atoms with E-state index in [1.54, 1.807) is 0 Å². The lowest BCUT2D eigenvalue weighted by atomic mass is 10.1. The summed E-state index contributed by atoms with van der Waals surface area (Å²) in [6, 6.07) is 0. The van der Waals surface area contributed by atoms with E-state index in [2.05, 4.69) is 0 Å². The van der Waals surface area contributed by atoms with Gasteiger partial charge in [0.2, 0.25) is 11.8 Å². The number of esters is 2. The van der Waals surface area contributed by atoms with Gasteiger partial charge in [-0.2, -0.15) is 0 Å². The molecule has 0 aliphatic heterocycles. The van der Waals surface area contributed by atoms with Gasteiger partial charge in [-0.3, -0.25) is 14.4 Å². The van der Waals surface area contributed by atoms with Crippen LogP contribution in [0.1, 0.15) is 70.6 Å². The fraction of sp³-hybridized carbons (Fsp3) is 0.778. The molecule has 0 heterocycles. The molecule has 9 heteroatoms. The first kappa shape index (κ1) is 24.8. The summed E-state index contributed by atoms with van der Waals surface area (Å²) in [5.41, 5.74) is 10.1. The Morgan fingerprint density at radius 2 is 1.15 bits per heavy atom. The van der Waals surface area contributed by atoms with Gasteiger partial charge in [-0.25, -0.2) is 4.79 Å². The van der Waals surface area contributed by atoms with Crippen molar-refractivity contribution in [2.24, 2.45) is 11.5 Å². The van der Waals surface area contributed by atoms with Crippen LogP contribution in [0.4, 0.5) is 0 Å². The van der Waals surface area contributed by atoms with Crippen LogP contribution in [0.2, 0.25) is 0 Å². The molecule has 27 heavy (non-hydrogen) atoms. The number of aliphatic hydroxyl groups is 1. The van der Waals surface area contributed by atoms with Gasteiger partial charge in [0.15, 0.2) is 6.10 Å². The van der Waals surface area contributed by atoms with Crippen molar-refractivity contribution in [3.63, 3.8) is 0 Å². The van der Waals surface area contributed by atoms with Crippen molar-refractivity contribution in [3.8, 4) is 0 Å². The first-order valence-electron chi connectivity index (χ1n) is 9.40. The number of hydrogen-bond donors (Lipinski definition) is 3. The molecule has 0 aromatic carbocycles. The first-order chi connectivity index (χ1) is 12.8. The van der Waals surface area contributed by atoms with Crippen LogP contribution in [0.5, 0.6) is 0 Å². The predicted octanol–water partition coefficient (Wildman–Crippen LogP) is 0.695. The van der Waals surface area contributed by atoms with E-state index in [1.165, 1.54) is 0 Å². The highest BCUT2D eigenvalue weighted by Gasteiger charge is 2.21. The van der Waals surface area contributed by atoms with Crippen molar-refractivity contribution in [1.82, 2.24) is 0 Å². The number of ether oxygens (including phenoxy) is 2. The molecule has 0 saturated carbocycles. The lowest BCUT2D eigenvalue weighted by Gasteiger charge is -2.10. The van der Waals surface area contributed by atoms with Gasteiger partial charge in [-0.05, 0) is 25.7 Å². The highest BCUT2D eigenvalue weighted by molar-refractivity contribution is 5.81. The SMILES string of the molecule is NC(=O)CCCCCCOC(=O)C[C@H](O)C(=O)OCCCCCCC(N)=O. The smallest absolute Gasteiger partial charge is 0.335 e. The maximum atomic E-state index is 11.6. The normalized spacial score (nSPS) is 11.6. The molecule has 9 nitrogen and oxygen atoms in total. The van der Waals surface area contributed by atoms with E-state index >= 15 is 0 Å². The number of primary amides is 2. The number of hydrogen-bond acceptors (Lipinski definition) is 7. The van der Waals surface area contributed by atoms with Crippen LogP contribution < -0.4 is 11.5 Å². The molecule has 0 spiro atoms. The molecular formula is C18H32N2O7. The molecule has 0 rings (SSSR count). The maximum absolute atomic E-state index is 11.6. The minimum Gasteiger partial charge on any atom is -0.466 e. The summed E-state index contributed by atoms with van der Waals surface area (Å²) in [6.07, 6.45) is 4.55. The Morgan fingerprint density at radius 1 is 0.704 bits per heavy atom. The van der Waals surface area contributed by atoms with Gasteiger partial charge in [0.05, 0.1) is 19.6 Å². The number of amides is 2. The van der Waals surface area contributed by atoms with E-state index in [9.17, 15) is 24.3 Å². The zero-order valence-corrected chi connectivity index (χ0v) is 15.8. The van der Waals surface area contributed by atoms with Crippen LogP contribution in [0, 0.1) is 0 Å². The highest BCUT2D eigenvalue weighted by Crippen LogP contribution is 2.06. The molecule has 0 aromatic rings. The molecule has 0 aliphatic carbocycles. The second kappa shape index (κ2) is 16.0. The number of carbonyl (C=O) groups is 4. The van der Waals surface area contributed by atoms with E-state index < -0.39 is 24.5 Å². The Hall–Kier alpha value is -2.16. The van der Waals surface area contributed by atoms with Crippen LogP contribution >= 0.6 is 0 Å². The summed E-state index contributed by atoms with van der Waals surface area (Å²) in [7, 11) is 0. The summed E-state index contributed by atoms with van der Waals surface area (Å²) < 4.78 is 9.84. The van der Waals surface area contributed by atoms with Crippen LogP contribution in [0.3, 0.4) is 0 Å². The van der Waals surface area contributed by atoms with Crippen molar-refractivity contribution in [2.75, 3.05) is 13.2 Å². The quantitative estimate of drug-likeness (QED) is 0.244. The Morgan fingerprint density at radius 3 is 1.63 bits per heavy atom. The minimum atomic E-state index is -1.54. The maximum Gasteiger partial charge on any atom is 0.335 e. The molecule has 2 amide bonds. The molecule has 0 saturated heterocycles. The van der Waals surface area contributed by atoms with Gasteiger partial charge in [-0.1, -0.05) is 25.7 Å². The van der Waals surface area contributed by atoms with Crippen LogP contribution in [0.25, 0.3) is 0 Å². The number of carbonyl (C=O) groups excluding carboxylic acids is 4. The van der Waals surface area contributed by atoms with Gasteiger partial charge >= 0.3 is 11.9 Å². The Bertz CT molecular complexity index is 469. The summed E-state index contributed by atoms with van der Waals surface area (Å²) >= 11 is 0. The van der Waals surface area contributed by atoms with Gasteiger partial charge in [-0.15, -0.1) is 0 Å². The average Bonchev–Trinajstić information content (AvgIpc) is 2.59. The topological polar surface area (TPSA) is 159 Å². The summed E-state index contributed by atoms with van der Waals surface area (Å²) in [5.74, 6) is -2.18. The van der Waals surface area contributed by atoms with Crippen molar-refractivity contribution in [3.05, 3.63) is 0 Å². The highest BCUT2D eigenvalue weighted by atomic mass is 16.6. The third-order valence-corrected chi connectivity index (χ3v) is 3.77. The van der Waals surface area contributed by atoms with E-state index in [0.717, 1.165) is 25.7 Å². The standard InChI is InChI=1S/C18H32N2O7/c19-15(22)9-5-1-3-7-11-26-17(24)13-14(21)18(25)27-12-8-4-2-6-10-16(20)23/h14,21H,1-13H2,(H2,19,22)(H2,20,23)/t14-/m0/s1. The predicted molar refractivity (Wildman–Crippen MR) is 97.1 cm³/mol. The second-order valence-corrected chi connectivity index (χ2v) is 6.37. The second-order valence-electron chi connectivity index (χ2n) is 6.37. The van der Waals surface area contributed by atoms with Crippen LogP contribution in [-0.4, -0.2) is 48.2 Å². The van der Waals surface area contributed by atoms with E-state index in [-0.39, 0.29) is 25.0 Å². The fourth-order valence-corrected chi connectivity index (χ4v) is 2.26. The number of nitrogens with two attached hydrogens (primary N) is 2. The summed E-state index contributed by atoms with van der Waals surface area (Å²) in [5, 5.41) is 9.64. The molecule has 0 aliphatic rings. The fourth-order valence-electron chi connectivity index (χ4n) is 2.26. The molecule has 0 unspecified atom stereocenters. The molecule has 5 N–H and O–H groups in total. The minimum absolute atomic E-state index is 0.146. The summed E-state index contributed by atoms with van der Waals surface area (Å²) in [6.45, 7) is 0.343. The summed E-state index contributed by atoms with van der Waals surface area (Å²) in [4.78, 5) is 44.2. The lowest BCUT2D eigenvalue weighted by molar-refractivity contribution is -0.160. The van der Waals surface area contributed by atoms with E-state index in [0.29, 0.717) is 38.5 Å². The van der Waals surface area contributed by atoms with Gasteiger partial charge in [0.25, 0.3) is 0 Å². The third-order valence-electron chi connectivity index (χ3n) is 3.77. The largest absolute Gasteiger partial charge is 0.466 e.